The summed E-state index contributed by atoms with van der Waals surface area (Å²) in [7, 11) is 0. The molecule has 1 saturated heterocycles. The normalized spacial score (nSPS) is 23.4. The first kappa shape index (κ1) is 16.3. The fourth-order valence-electron chi connectivity index (χ4n) is 2.66. The van der Waals surface area contributed by atoms with E-state index in [2.05, 4.69) is 5.32 Å². The Bertz CT molecular complexity index is 399. The minimum Gasteiger partial charge on any atom is -0.481 e. The van der Waals surface area contributed by atoms with Crippen LogP contribution in [0.15, 0.2) is 0 Å². The molecule has 1 heterocycles. The molecule has 0 spiro atoms. The third-order valence-electron chi connectivity index (χ3n) is 3.70. The third-order valence-corrected chi connectivity index (χ3v) is 3.70. The molecule has 0 aliphatic carbocycles. The largest absolute Gasteiger partial charge is 0.481 e. The van der Waals surface area contributed by atoms with Crippen molar-refractivity contribution in [3.8, 4) is 0 Å². The van der Waals surface area contributed by atoms with Crippen molar-refractivity contribution in [1.29, 1.82) is 0 Å². The number of primary amides is 1. The summed E-state index contributed by atoms with van der Waals surface area (Å²) >= 11 is 0. The van der Waals surface area contributed by atoms with E-state index in [9.17, 15) is 19.5 Å². The van der Waals surface area contributed by atoms with Gasteiger partial charge in [0.05, 0.1) is 5.41 Å². The molecule has 0 aromatic carbocycles. The van der Waals surface area contributed by atoms with E-state index in [1.807, 2.05) is 6.92 Å². The first-order valence-electron chi connectivity index (χ1n) is 6.88. The average molecular weight is 285 g/mol. The van der Waals surface area contributed by atoms with Crippen molar-refractivity contribution in [3.05, 3.63) is 0 Å². The Balaban J connectivity index is 2.60. The molecular formula is C13H23N3O4. The van der Waals surface area contributed by atoms with E-state index in [0.29, 0.717) is 19.4 Å². The Morgan fingerprint density at radius 1 is 1.45 bits per heavy atom. The number of rotatable bonds is 6. The van der Waals surface area contributed by atoms with Crippen molar-refractivity contribution in [2.24, 2.45) is 11.1 Å². The van der Waals surface area contributed by atoms with Crippen molar-refractivity contribution in [3.63, 3.8) is 0 Å². The van der Waals surface area contributed by atoms with Crippen molar-refractivity contribution in [2.45, 2.75) is 45.6 Å². The number of amides is 3. The Hall–Kier alpha value is -1.79. The van der Waals surface area contributed by atoms with E-state index in [1.54, 1.807) is 6.92 Å². The fraction of sp³-hybridized carbons (Fsp3) is 0.769. The Morgan fingerprint density at radius 3 is 2.60 bits per heavy atom. The van der Waals surface area contributed by atoms with Gasteiger partial charge in [0.2, 0.25) is 5.91 Å². The molecule has 0 aromatic rings. The van der Waals surface area contributed by atoms with Gasteiger partial charge in [-0.25, -0.2) is 4.79 Å². The van der Waals surface area contributed by atoms with Gasteiger partial charge >= 0.3 is 12.0 Å². The molecule has 1 aliphatic rings. The standard InChI is InChI=1S/C13H23N3O4/c1-3-4-13(11(18)19)5-6-16(8-13)12(20)15-9(2)7-10(14)17/h9H,3-8H2,1-2H3,(H2,14,17)(H,15,20)(H,18,19). The van der Waals surface area contributed by atoms with Crippen LogP contribution in [0.1, 0.15) is 39.5 Å². The highest BCUT2D eigenvalue weighted by molar-refractivity contribution is 5.80. The number of hydrogen-bond donors (Lipinski definition) is 3. The van der Waals surface area contributed by atoms with Crippen molar-refractivity contribution in [2.75, 3.05) is 13.1 Å². The van der Waals surface area contributed by atoms with Gasteiger partial charge in [0, 0.05) is 25.6 Å². The van der Waals surface area contributed by atoms with Gasteiger partial charge in [-0.05, 0) is 19.8 Å². The van der Waals surface area contributed by atoms with Crippen LogP contribution in [0.25, 0.3) is 0 Å². The molecule has 1 rings (SSSR count). The van der Waals surface area contributed by atoms with Crippen LogP contribution in [0.5, 0.6) is 0 Å². The molecule has 3 amide bonds. The molecule has 20 heavy (non-hydrogen) atoms. The van der Waals surface area contributed by atoms with Crippen molar-refractivity contribution < 1.29 is 19.5 Å². The number of carbonyl (C=O) groups excluding carboxylic acids is 2. The van der Waals surface area contributed by atoms with Crippen LogP contribution in [0.3, 0.4) is 0 Å². The number of likely N-dealkylation sites (tertiary alicyclic amines) is 1. The van der Waals surface area contributed by atoms with Crippen LogP contribution in [-0.4, -0.2) is 47.0 Å². The maximum Gasteiger partial charge on any atom is 0.317 e. The first-order chi connectivity index (χ1) is 9.30. The number of carboxylic acids is 1. The number of nitrogens with two attached hydrogens (primary N) is 1. The summed E-state index contributed by atoms with van der Waals surface area (Å²) in [6, 6.07) is -0.691. The molecule has 0 saturated carbocycles. The van der Waals surface area contributed by atoms with Gasteiger partial charge in [0.25, 0.3) is 0 Å². The SMILES string of the molecule is CCCC1(C(=O)O)CCN(C(=O)NC(C)CC(N)=O)C1. The lowest BCUT2D eigenvalue weighted by molar-refractivity contribution is -0.148. The zero-order valence-electron chi connectivity index (χ0n) is 12.0. The highest BCUT2D eigenvalue weighted by Crippen LogP contribution is 2.35. The number of carbonyl (C=O) groups is 3. The lowest BCUT2D eigenvalue weighted by Crippen LogP contribution is -2.45. The number of urea groups is 1. The van der Waals surface area contributed by atoms with Crippen LogP contribution >= 0.6 is 0 Å². The maximum absolute atomic E-state index is 12.0. The average Bonchev–Trinajstić information content (AvgIpc) is 2.74. The Morgan fingerprint density at radius 2 is 2.10 bits per heavy atom. The topological polar surface area (TPSA) is 113 Å². The molecule has 0 radical (unpaired) electrons. The Kier molecular flexibility index (Phi) is 5.35. The summed E-state index contributed by atoms with van der Waals surface area (Å²) in [5, 5.41) is 12.0. The van der Waals surface area contributed by atoms with Gasteiger partial charge in [0.15, 0.2) is 0 Å². The smallest absolute Gasteiger partial charge is 0.317 e. The van der Waals surface area contributed by atoms with Crippen LogP contribution in [0.4, 0.5) is 4.79 Å². The third kappa shape index (κ3) is 3.85. The predicted molar refractivity (Wildman–Crippen MR) is 73.0 cm³/mol. The number of nitrogens with one attached hydrogen (secondary N) is 1. The maximum atomic E-state index is 12.0. The van der Waals surface area contributed by atoms with E-state index in [-0.39, 0.29) is 25.0 Å². The molecule has 1 fully saturated rings. The molecule has 0 bridgehead atoms. The monoisotopic (exact) mass is 285 g/mol. The lowest BCUT2D eigenvalue weighted by atomic mass is 9.83. The van der Waals surface area contributed by atoms with E-state index in [1.165, 1.54) is 4.90 Å². The summed E-state index contributed by atoms with van der Waals surface area (Å²) in [6.45, 7) is 4.25. The number of carboxylic acid groups (broad SMARTS) is 1. The van der Waals surface area contributed by atoms with Crippen molar-refractivity contribution >= 4 is 17.9 Å². The fourth-order valence-corrected chi connectivity index (χ4v) is 2.66. The van der Waals surface area contributed by atoms with E-state index in [0.717, 1.165) is 6.42 Å². The van der Waals surface area contributed by atoms with Gasteiger partial charge < -0.3 is 21.1 Å². The quantitative estimate of drug-likeness (QED) is 0.661. The molecule has 7 nitrogen and oxygen atoms in total. The van der Waals surface area contributed by atoms with E-state index >= 15 is 0 Å². The summed E-state index contributed by atoms with van der Waals surface area (Å²) in [4.78, 5) is 35.7. The number of hydrogen-bond acceptors (Lipinski definition) is 3. The van der Waals surface area contributed by atoms with Crippen molar-refractivity contribution in [1.82, 2.24) is 10.2 Å². The minimum absolute atomic E-state index is 0.0681. The summed E-state index contributed by atoms with van der Waals surface area (Å²) in [6.07, 6.45) is 1.86. The lowest BCUT2D eigenvalue weighted by Gasteiger charge is -2.25. The molecule has 7 heteroatoms. The van der Waals surface area contributed by atoms with Gasteiger partial charge in [-0.15, -0.1) is 0 Å². The van der Waals surface area contributed by atoms with E-state index < -0.39 is 17.3 Å². The van der Waals surface area contributed by atoms with Crippen LogP contribution < -0.4 is 11.1 Å². The number of aliphatic carboxylic acids is 1. The molecule has 4 N–H and O–H groups in total. The Labute approximate surface area is 118 Å². The first-order valence-corrected chi connectivity index (χ1v) is 6.88. The predicted octanol–water partition coefficient (Wildman–Crippen LogP) is 0.537. The summed E-state index contributed by atoms with van der Waals surface area (Å²) in [5.74, 6) is -1.33. The molecule has 2 unspecified atom stereocenters. The van der Waals surface area contributed by atoms with Gasteiger partial charge in [-0.1, -0.05) is 13.3 Å². The zero-order chi connectivity index (χ0) is 15.3. The highest BCUT2D eigenvalue weighted by Gasteiger charge is 2.45. The minimum atomic E-state index is -0.847. The van der Waals surface area contributed by atoms with Crippen LogP contribution in [-0.2, 0) is 9.59 Å². The van der Waals surface area contributed by atoms with Crippen LogP contribution in [0.2, 0.25) is 0 Å². The highest BCUT2D eigenvalue weighted by atomic mass is 16.4. The van der Waals surface area contributed by atoms with Gasteiger partial charge in [-0.2, -0.15) is 0 Å². The van der Waals surface area contributed by atoms with E-state index in [4.69, 9.17) is 5.73 Å². The number of nitrogens with zero attached hydrogens (tertiary/aromatic N) is 1. The van der Waals surface area contributed by atoms with Crippen LogP contribution in [0, 0.1) is 5.41 Å². The molecular weight excluding hydrogens is 262 g/mol. The second kappa shape index (κ2) is 6.58. The molecule has 114 valence electrons. The zero-order valence-corrected chi connectivity index (χ0v) is 12.0. The molecule has 0 aromatic heterocycles. The molecule has 2 atom stereocenters. The van der Waals surface area contributed by atoms with Gasteiger partial charge in [0.1, 0.15) is 0 Å². The summed E-state index contributed by atoms with van der Waals surface area (Å²) in [5.41, 5.74) is 4.23. The summed E-state index contributed by atoms with van der Waals surface area (Å²) < 4.78 is 0. The molecule has 1 aliphatic heterocycles. The second-order valence-corrected chi connectivity index (χ2v) is 5.53. The second-order valence-electron chi connectivity index (χ2n) is 5.53. The van der Waals surface area contributed by atoms with Gasteiger partial charge in [-0.3, -0.25) is 9.59 Å².